The van der Waals surface area contributed by atoms with E-state index in [1.54, 1.807) is 0 Å². The van der Waals surface area contributed by atoms with E-state index >= 15 is 0 Å². The summed E-state index contributed by atoms with van der Waals surface area (Å²) in [4.78, 5) is 14.7. The zero-order valence-electron chi connectivity index (χ0n) is 17.6. The summed E-state index contributed by atoms with van der Waals surface area (Å²) in [6, 6.07) is 13.6. The van der Waals surface area contributed by atoms with Gasteiger partial charge in [0.2, 0.25) is 11.8 Å². The zero-order chi connectivity index (χ0) is 22.3. The molecule has 0 unspecified atom stereocenters. The van der Waals surface area contributed by atoms with Crippen LogP contribution in [0.2, 0.25) is 0 Å². The van der Waals surface area contributed by atoms with E-state index in [2.05, 4.69) is 37.9 Å². The van der Waals surface area contributed by atoms with Crippen LogP contribution in [0.15, 0.2) is 52.9 Å². The highest BCUT2D eigenvalue weighted by Gasteiger charge is 2.21. The van der Waals surface area contributed by atoms with Gasteiger partial charge in [-0.25, -0.2) is 8.78 Å². The highest BCUT2D eigenvalue weighted by atomic mass is 19.1. The second kappa shape index (κ2) is 10.3. The molecule has 0 spiro atoms. The highest BCUT2D eigenvalue weighted by Crippen LogP contribution is 2.20. The summed E-state index contributed by atoms with van der Waals surface area (Å²) >= 11 is 0. The van der Waals surface area contributed by atoms with Crippen molar-refractivity contribution in [3.63, 3.8) is 0 Å². The number of carbonyl (C=O) groups excluding carboxylic acids is 1. The molecule has 168 valence electrons. The Kier molecular flexibility index (Phi) is 7.06. The maximum atomic E-state index is 13.7. The molecule has 0 atom stereocenters. The number of nitrogens with zero attached hydrogens (tertiary/aromatic N) is 3. The molecule has 0 bridgehead atoms. The number of nitrogens with one attached hydrogen (secondary N) is 2. The lowest BCUT2D eigenvalue weighted by Crippen LogP contribution is -2.44. The second-order valence-electron chi connectivity index (χ2n) is 7.85. The molecule has 2 aromatic carbocycles. The van der Waals surface area contributed by atoms with Crippen molar-refractivity contribution in [1.29, 1.82) is 0 Å². The number of carbonyl (C=O) groups is 1. The lowest BCUT2D eigenvalue weighted by molar-refractivity contribution is -0.122. The summed E-state index contributed by atoms with van der Waals surface area (Å²) in [5, 5.41) is 13.3. The van der Waals surface area contributed by atoms with Crippen LogP contribution in [-0.4, -0.2) is 40.1 Å². The first-order valence-corrected chi connectivity index (χ1v) is 10.7. The van der Waals surface area contributed by atoms with Crippen molar-refractivity contribution in [2.45, 2.75) is 38.3 Å². The summed E-state index contributed by atoms with van der Waals surface area (Å²) in [6.45, 7) is 2.81. The Labute approximate surface area is 184 Å². The Balaban J connectivity index is 1.18. The smallest absolute Gasteiger partial charge is 0.320 e. The molecule has 1 aromatic heterocycles. The number of rotatable bonds is 8. The van der Waals surface area contributed by atoms with Crippen LogP contribution in [0.25, 0.3) is 0 Å². The van der Waals surface area contributed by atoms with Gasteiger partial charge in [-0.2, -0.15) is 0 Å². The van der Waals surface area contributed by atoms with Gasteiger partial charge in [0, 0.05) is 44.6 Å². The molecule has 0 radical (unpaired) electrons. The molecule has 1 saturated heterocycles. The molecule has 9 heteroatoms. The van der Waals surface area contributed by atoms with Crippen LogP contribution in [0.4, 0.5) is 20.5 Å². The minimum Gasteiger partial charge on any atom is -0.408 e. The summed E-state index contributed by atoms with van der Waals surface area (Å²) in [6.07, 6.45) is 2.32. The summed E-state index contributed by atoms with van der Waals surface area (Å²) in [7, 11) is 0. The summed E-state index contributed by atoms with van der Waals surface area (Å²) in [5.41, 5.74) is 1.32. The fraction of sp³-hybridized carbons (Fsp3) is 0.348. The van der Waals surface area contributed by atoms with Crippen LogP contribution >= 0.6 is 0 Å². The van der Waals surface area contributed by atoms with Gasteiger partial charge in [-0.15, -0.1) is 5.10 Å². The van der Waals surface area contributed by atoms with E-state index in [0.717, 1.165) is 44.6 Å². The van der Waals surface area contributed by atoms with Crippen molar-refractivity contribution in [3.8, 4) is 0 Å². The first-order valence-electron chi connectivity index (χ1n) is 10.7. The van der Waals surface area contributed by atoms with Crippen LogP contribution in [0.1, 0.15) is 30.7 Å². The normalized spacial score (nSPS) is 14.9. The molecular formula is C23H25F2N5O2. The van der Waals surface area contributed by atoms with E-state index in [-0.39, 0.29) is 42.4 Å². The first kappa shape index (κ1) is 21.9. The number of benzene rings is 2. The number of amides is 1. The van der Waals surface area contributed by atoms with Crippen molar-refractivity contribution in [3.05, 3.63) is 71.6 Å². The minimum absolute atomic E-state index is 0.0169. The fourth-order valence-corrected chi connectivity index (χ4v) is 3.71. The third kappa shape index (κ3) is 6.10. The van der Waals surface area contributed by atoms with Crippen molar-refractivity contribution < 1.29 is 18.0 Å². The standard InChI is InChI=1S/C23H25F2N5O2/c24-17-6-7-20(19(25)14-17)27-23-29-28-22(32-23)9-8-21(31)26-18-10-12-30(13-11-18)15-16-4-2-1-3-5-16/h1-7,14,18H,8-13,15H2,(H,26,31)(H,27,29). The molecule has 1 aliphatic heterocycles. The predicted octanol–water partition coefficient (Wildman–Crippen LogP) is 3.80. The van der Waals surface area contributed by atoms with Gasteiger partial charge >= 0.3 is 6.01 Å². The second-order valence-corrected chi connectivity index (χ2v) is 7.85. The largest absolute Gasteiger partial charge is 0.408 e. The van der Waals surface area contributed by atoms with Crippen LogP contribution in [0, 0.1) is 11.6 Å². The molecular weight excluding hydrogens is 416 g/mol. The average molecular weight is 441 g/mol. The Morgan fingerprint density at radius 3 is 2.62 bits per heavy atom. The van der Waals surface area contributed by atoms with Gasteiger partial charge in [0.15, 0.2) is 0 Å². The van der Waals surface area contributed by atoms with E-state index < -0.39 is 11.6 Å². The third-order valence-corrected chi connectivity index (χ3v) is 5.41. The van der Waals surface area contributed by atoms with Gasteiger partial charge in [-0.3, -0.25) is 9.69 Å². The predicted molar refractivity (Wildman–Crippen MR) is 115 cm³/mol. The van der Waals surface area contributed by atoms with Crippen LogP contribution < -0.4 is 10.6 Å². The molecule has 2 N–H and O–H groups in total. The maximum absolute atomic E-state index is 13.7. The topological polar surface area (TPSA) is 83.3 Å². The number of hydrogen-bond acceptors (Lipinski definition) is 6. The SMILES string of the molecule is O=C(CCc1nnc(Nc2ccc(F)cc2F)o1)NC1CCN(Cc2ccccc2)CC1. The molecule has 0 saturated carbocycles. The van der Waals surface area contributed by atoms with Gasteiger partial charge in [-0.1, -0.05) is 35.4 Å². The minimum atomic E-state index is -0.765. The van der Waals surface area contributed by atoms with Crippen LogP contribution in [-0.2, 0) is 17.8 Å². The van der Waals surface area contributed by atoms with E-state index in [1.807, 2.05) is 18.2 Å². The Morgan fingerprint density at radius 1 is 1.09 bits per heavy atom. The number of likely N-dealkylation sites (tertiary alicyclic amines) is 1. The van der Waals surface area contributed by atoms with Crippen molar-refractivity contribution >= 4 is 17.6 Å². The number of piperidine rings is 1. The van der Waals surface area contributed by atoms with E-state index in [1.165, 1.54) is 11.6 Å². The fourth-order valence-electron chi connectivity index (χ4n) is 3.71. The quantitative estimate of drug-likeness (QED) is 0.553. The summed E-state index contributed by atoms with van der Waals surface area (Å²) in [5.74, 6) is -1.24. The third-order valence-electron chi connectivity index (χ3n) is 5.41. The van der Waals surface area contributed by atoms with Crippen molar-refractivity contribution in [2.24, 2.45) is 0 Å². The number of hydrogen-bond donors (Lipinski definition) is 2. The molecule has 4 rings (SSSR count). The molecule has 2 heterocycles. The molecule has 1 amide bonds. The van der Waals surface area contributed by atoms with Crippen LogP contribution in [0.5, 0.6) is 0 Å². The Hall–Kier alpha value is -3.33. The number of aromatic nitrogens is 2. The molecule has 0 aliphatic carbocycles. The van der Waals surface area contributed by atoms with Gasteiger partial charge in [-0.05, 0) is 30.5 Å². The lowest BCUT2D eigenvalue weighted by atomic mass is 10.0. The highest BCUT2D eigenvalue weighted by molar-refractivity contribution is 5.76. The molecule has 32 heavy (non-hydrogen) atoms. The molecule has 3 aromatic rings. The Bertz CT molecular complexity index is 1040. The Morgan fingerprint density at radius 2 is 1.88 bits per heavy atom. The lowest BCUT2D eigenvalue weighted by Gasteiger charge is -2.32. The van der Waals surface area contributed by atoms with Crippen molar-refractivity contribution in [2.75, 3.05) is 18.4 Å². The molecule has 7 nitrogen and oxygen atoms in total. The molecule has 1 aliphatic rings. The number of anilines is 2. The number of aryl methyl sites for hydroxylation is 1. The van der Waals surface area contributed by atoms with E-state index in [4.69, 9.17) is 4.42 Å². The maximum Gasteiger partial charge on any atom is 0.320 e. The van der Waals surface area contributed by atoms with E-state index in [9.17, 15) is 13.6 Å². The van der Waals surface area contributed by atoms with Gasteiger partial charge in [0.1, 0.15) is 11.6 Å². The average Bonchev–Trinajstić information content (AvgIpc) is 3.24. The van der Waals surface area contributed by atoms with Crippen molar-refractivity contribution in [1.82, 2.24) is 20.4 Å². The first-order chi connectivity index (χ1) is 15.5. The van der Waals surface area contributed by atoms with Gasteiger partial charge in [0.05, 0.1) is 5.69 Å². The zero-order valence-corrected chi connectivity index (χ0v) is 17.6. The monoisotopic (exact) mass is 441 g/mol. The van der Waals surface area contributed by atoms with Crippen LogP contribution in [0.3, 0.4) is 0 Å². The van der Waals surface area contributed by atoms with E-state index in [0.29, 0.717) is 0 Å². The number of halogens is 2. The van der Waals surface area contributed by atoms with Gasteiger partial charge < -0.3 is 15.1 Å². The summed E-state index contributed by atoms with van der Waals surface area (Å²) < 4.78 is 32.1. The molecule has 1 fully saturated rings. The van der Waals surface area contributed by atoms with Gasteiger partial charge in [0.25, 0.3) is 0 Å².